The van der Waals surface area contributed by atoms with Crippen molar-refractivity contribution >= 4 is 23.3 Å². The normalized spacial score (nSPS) is 11.1. The second kappa shape index (κ2) is 7.12. The van der Waals surface area contributed by atoms with Gasteiger partial charge in [0.05, 0.1) is 11.1 Å². The molecule has 0 unspecified atom stereocenters. The Morgan fingerprint density at radius 2 is 1.58 bits per heavy atom. The van der Waals surface area contributed by atoms with E-state index in [9.17, 15) is 19.5 Å². The van der Waals surface area contributed by atoms with Crippen molar-refractivity contribution in [3.05, 3.63) is 64.2 Å². The highest BCUT2D eigenvalue weighted by Gasteiger charge is 2.26. The van der Waals surface area contributed by atoms with Crippen molar-refractivity contribution in [2.75, 3.05) is 5.32 Å². The van der Waals surface area contributed by atoms with Gasteiger partial charge in [0, 0.05) is 16.7 Å². The van der Waals surface area contributed by atoms with Gasteiger partial charge in [0.25, 0.3) is 5.91 Å². The van der Waals surface area contributed by atoms with Gasteiger partial charge >= 0.3 is 5.97 Å². The largest absolute Gasteiger partial charge is 0.478 e. The van der Waals surface area contributed by atoms with Gasteiger partial charge in [-0.1, -0.05) is 44.5 Å². The zero-order valence-electron chi connectivity index (χ0n) is 15.6. The van der Waals surface area contributed by atoms with Gasteiger partial charge in [0.2, 0.25) is 0 Å². The Morgan fingerprint density at radius 1 is 0.923 bits per heavy atom. The molecule has 0 saturated heterocycles. The van der Waals surface area contributed by atoms with E-state index in [0.717, 1.165) is 11.1 Å². The lowest BCUT2D eigenvalue weighted by Gasteiger charge is -2.18. The fourth-order valence-corrected chi connectivity index (χ4v) is 2.64. The third-order valence-electron chi connectivity index (χ3n) is 4.07. The predicted molar refractivity (Wildman–Crippen MR) is 101 cm³/mol. The number of amides is 1. The van der Waals surface area contributed by atoms with Gasteiger partial charge in [-0.2, -0.15) is 0 Å². The number of carboxylic acid groups (broad SMARTS) is 1. The molecule has 136 valence electrons. The number of hydrogen-bond acceptors (Lipinski definition) is 3. The zero-order valence-corrected chi connectivity index (χ0v) is 15.6. The van der Waals surface area contributed by atoms with Gasteiger partial charge < -0.3 is 10.4 Å². The highest BCUT2D eigenvalue weighted by atomic mass is 16.4. The van der Waals surface area contributed by atoms with Crippen LogP contribution in [0.25, 0.3) is 0 Å². The molecule has 2 rings (SSSR count). The lowest BCUT2D eigenvalue weighted by atomic mass is 9.85. The lowest BCUT2D eigenvalue weighted by Crippen LogP contribution is -2.22. The molecular formula is C21H23NO4. The van der Waals surface area contributed by atoms with E-state index in [-0.39, 0.29) is 16.9 Å². The van der Waals surface area contributed by atoms with Gasteiger partial charge in [-0.05, 0) is 37.6 Å². The minimum atomic E-state index is -1.22. The predicted octanol–water partition coefficient (Wildman–Crippen LogP) is 4.48. The summed E-state index contributed by atoms with van der Waals surface area (Å²) in [6, 6.07) is 9.67. The third kappa shape index (κ3) is 4.17. The Balaban J connectivity index is 2.46. The molecule has 26 heavy (non-hydrogen) atoms. The number of ketones is 1. The van der Waals surface area contributed by atoms with E-state index in [1.54, 1.807) is 26.8 Å². The SMILES string of the molecule is Cc1ccc(NC(=O)c2cc(C(=O)C(C)(C)C)ccc2C(=O)O)c(C)c1. The molecule has 0 radical (unpaired) electrons. The van der Waals surface area contributed by atoms with E-state index in [1.165, 1.54) is 18.2 Å². The minimum Gasteiger partial charge on any atom is -0.478 e. The molecule has 0 aromatic heterocycles. The first-order chi connectivity index (χ1) is 12.0. The van der Waals surface area contributed by atoms with Gasteiger partial charge in [-0.15, -0.1) is 0 Å². The molecule has 2 N–H and O–H groups in total. The molecule has 5 nitrogen and oxygen atoms in total. The van der Waals surface area contributed by atoms with Crippen molar-refractivity contribution < 1.29 is 19.5 Å². The monoisotopic (exact) mass is 353 g/mol. The number of carboxylic acids is 1. The Kier molecular flexibility index (Phi) is 5.30. The topological polar surface area (TPSA) is 83.5 Å². The Bertz CT molecular complexity index is 891. The number of hydrogen-bond donors (Lipinski definition) is 2. The van der Waals surface area contributed by atoms with Crippen LogP contribution >= 0.6 is 0 Å². The van der Waals surface area contributed by atoms with Crippen LogP contribution in [-0.4, -0.2) is 22.8 Å². The molecule has 0 spiro atoms. The second-order valence-corrected chi connectivity index (χ2v) is 7.42. The molecule has 0 fully saturated rings. The smallest absolute Gasteiger partial charge is 0.336 e. The van der Waals surface area contributed by atoms with Crippen molar-refractivity contribution in [1.82, 2.24) is 0 Å². The number of aryl methyl sites for hydroxylation is 2. The molecule has 1 amide bonds. The number of nitrogens with one attached hydrogen (secondary N) is 1. The van der Waals surface area contributed by atoms with Gasteiger partial charge in [-0.3, -0.25) is 9.59 Å². The van der Waals surface area contributed by atoms with Crippen molar-refractivity contribution in [3.8, 4) is 0 Å². The van der Waals surface area contributed by atoms with Crippen LogP contribution in [0.15, 0.2) is 36.4 Å². The maximum absolute atomic E-state index is 12.7. The summed E-state index contributed by atoms with van der Waals surface area (Å²) < 4.78 is 0. The zero-order chi connectivity index (χ0) is 19.6. The van der Waals surface area contributed by atoms with Crippen molar-refractivity contribution in [2.45, 2.75) is 34.6 Å². The van der Waals surface area contributed by atoms with Crippen LogP contribution in [0.2, 0.25) is 0 Å². The lowest BCUT2D eigenvalue weighted by molar-refractivity contribution is 0.0691. The number of rotatable bonds is 4. The summed E-state index contributed by atoms with van der Waals surface area (Å²) in [4.78, 5) is 36.7. The molecule has 0 aliphatic heterocycles. The second-order valence-electron chi connectivity index (χ2n) is 7.42. The van der Waals surface area contributed by atoms with Gasteiger partial charge in [0.1, 0.15) is 0 Å². The maximum atomic E-state index is 12.7. The molecule has 0 saturated carbocycles. The summed E-state index contributed by atoms with van der Waals surface area (Å²) in [7, 11) is 0. The molecule has 0 aliphatic rings. The van der Waals surface area contributed by atoms with Crippen LogP contribution in [0, 0.1) is 19.3 Å². The first-order valence-corrected chi connectivity index (χ1v) is 8.31. The molecule has 0 heterocycles. The van der Waals surface area contributed by atoms with Crippen LogP contribution in [0.1, 0.15) is 63.0 Å². The first-order valence-electron chi connectivity index (χ1n) is 8.31. The number of benzene rings is 2. The van der Waals surface area contributed by atoms with Crippen LogP contribution in [0.5, 0.6) is 0 Å². The summed E-state index contributed by atoms with van der Waals surface area (Å²) in [5.41, 5.74) is 2.04. The van der Waals surface area contributed by atoms with Gasteiger partial charge in [0.15, 0.2) is 5.78 Å². The van der Waals surface area contributed by atoms with Crippen molar-refractivity contribution in [2.24, 2.45) is 5.41 Å². The number of aromatic carboxylic acids is 1. The highest BCUT2D eigenvalue weighted by Crippen LogP contribution is 2.24. The van der Waals surface area contributed by atoms with E-state index < -0.39 is 17.3 Å². The fraction of sp³-hybridized carbons (Fsp3) is 0.286. The Morgan fingerprint density at radius 3 is 2.12 bits per heavy atom. The van der Waals surface area contributed by atoms with Crippen molar-refractivity contribution in [3.63, 3.8) is 0 Å². The maximum Gasteiger partial charge on any atom is 0.336 e. The number of anilines is 1. The first kappa shape index (κ1) is 19.4. The molecular weight excluding hydrogens is 330 g/mol. The van der Waals surface area contributed by atoms with E-state index in [4.69, 9.17) is 0 Å². The van der Waals surface area contributed by atoms with E-state index >= 15 is 0 Å². The number of carbonyl (C=O) groups excluding carboxylic acids is 2. The average molecular weight is 353 g/mol. The minimum absolute atomic E-state index is 0.0347. The Hall–Kier alpha value is -2.95. The summed E-state index contributed by atoms with van der Waals surface area (Å²) >= 11 is 0. The quantitative estimate of drug-likeness (QED) is 0.794. The summed E-state index contributed by atoms with van der Waals surface area (Å²) in [5.74, 6) is -1.93. The van der Waals surface area contributed by atoms with Crippen LogP contribution in [0.3, 0.4) is 0 Å². The van der Waals surface area contributed by atoms with Crippen LogP contribution < -0.4 is 5.32 Å². The Labute approximate surface area is 153 Å². The van der Waals surface area contributed by atoms with E-state index in [0.29, 0.717) is 11.3 Å². The number of carbonyl (C=O) groups is 3. The van der Waals surface area contributed by atoms with Crippen molar-refractivity contribution in [1.29, 1.82) is 0 Å². The van der Waals surface area contributed by atoms with Crippen LogP contribution in [-0.2, 0) is 0 Å². The highest BCUT2D eigenvalue weighted by molar-refractivity contribution is 6.12. The molecule has 5 heteroatoms. The molecule has 0 bridgehead atoms. The fourth-order valence-electron chi connectivity index (χ4n) is 2.64. The molecule has 2 aromatic carbocycles. The molecule has 0 aliphatic carbocycles. The number of Topliss-reactive ketones (excluding diaryl/α,β-unsaturated/α-hetero) is 1. The van der Waals surface area contributed by atoms with E-state index in [1.807, 2.05) is 26.0 Å². The summed E-state index contributed by atoms with van der Waals surface area (Å²) in [6.45, 7) is 9.13. The summed E-state index contributed by atoms with van der Waals surface area (Å²) in [6.07, 6.45) is 0. The van der Waals surface area contributed by atoms with Gasteiger partial charge in [-0.25, -0.2) is 4.79 Å². The standard InChI is InChI=1S/C21H23NO4/c1-12-6-9-17(13(2)10-12)22-19(24)16-11-14(18(23)21(3,4)5)7-8-15(16)20(25)26/h6-11H,1-5H3,(H,22,24)(H,25,26). The summed E-state index contributed by atoms with van der Waals surface area (Å²) in [5, 5.41) is 12.1. The molecule has 0 atom stereocenters. The average Bonchev–Trinajstić information content (AvgIpc) is 2.55. The van der Waals surface area contributed by atoms with E-state index in [2.05, 4.69) is 5.32 Å². The molecule has 2 aromatic rings. The van der Waals surface area contributed by atoms with Crippen LogP contribution in [0.4, 0.5) is 5.69 Å². The third-order valence-corrected chi connectivity index (χ3v) is 4.07.